The van der Waals surface area contributed by atoms with Crippen LogP contribution < -0.4 is 5.32 Å². The average molecular weight is 326 g/mol. The smallest absolute Gasteiger partial charge is 0.325 e. The van der Waals surface area contributed by atoms with Gasteiger partial charge in [-0.05, 0) is 39.8 Å². The highest BCUT2D eigenvalue weighted by Gasteiger charge is 2.18. The first-order valence-corrected chi connectivity index (χ1v) is 7.79. The number of hydrogen-bond acceptors (Lipinski definition) is 4. The lowest BCUT2D eigenvalue weighted by molar-refractivity contribution is -0.153. The van der Waals surface area contributed by atoms with Gasteiger partial charge in [-0.15, -0.1) is 0 Å². The third kappa shape index (κ3) is 4.91. The van der Waals surface area contributed by atoms with Crippen LogP contribution >= 0.6 is 0 Å². The summed E-state index contributed by atoms with van der Waals surface area (Å²) < 4.78 is 5.16. The van der Waals surface area contributed by atoms with E-state index in [1.54, 1.807) is 39.8 Å². The van der Waals surface area contributed by atoms with E-state index >= 15 is 0 Å². The lowest BCUT2D eigenvalue weighted by Crippen LogP contribution is -2.35. The van der Waals surface area contributed by atoms with Crippen molar-refractivity contribution < 1.29 is 14.3 Å². The van der Waals surface area contributed by atoms with Crippen molar-refractivity contribution in [3.8, 4) is 11.3 Å². The molecule has 1 heterocycles. The van der Waals surface area contributed by atoms with Crippen LogP contribution in [-0.2, 0) is 9.53 Å². The molecule has 1 aromatic heterocycles. The zero-order valence-corrected chi connectivity index (χ0v) is 14.4. The Morgan fingerprint density at radius 2 is 1.75 bits per heavy atom. The Balaban J connectivity index is 2.04. The molecule has 5 nitrogen and oxygen atoms in total. The fourth-order valence-electron chi connectivity index (χ4n) is 2.20. The van der Waals surface area contributed by atoms with Gasteiger partial charge in [-0.3, -0.25) is 14.6 Å². The van der Waals surface area contributed by atoms with E-state index in [-0.39, 0.29) is 12.5 Å². The topological polar surface area (TPSA) is 68.3 Å². The van der Waals surface area contributed by atoms with E-state index in [0.29, 0.717) is 11.3 Å². The van der Waals surface area contributed by atoms with E-state index in [1.165, 1.54) is 0 Å². The summed E-state index contributed by atoms with van der Waals surface area (Å²) in [6, 6.07) is 13.3. The highest BCUT2D eigenvalue weighted by atomic mass is 16.6. The molecule has 5 heteroatoms. The van der Waals surface area contributed by atoms with Crippen LogP contribution in [0.2, 0.25) is 0 Å². The minimum atomic E-state index is -0.573. The minimum absolute atomic E-state index is 0.171. The maximum atomic E-state index is 12.2. The second kappa shape index (κ2) is 7.25. The molecule has 0 radical (unpaired) electrons. The van der Waals surface area contributed by atoms with Crippen molar-refractivity contribution >= 4 is 11.9 Å². The number of carbonyl (C=O) groups excluding carboxylic acids is 2. The first kappa shape index (κ1) is 17.7. The highest BCUT2D eigenvalue weighted by Crippen LogP contribution is 2.18. The molecule has 2 rings (SSSR count). The summed E-state index contributed by atoms with van der Waals surface area (Å²) >= 11 is 0. The summed E-state index contributed by atoms with van der Waals surface area (Å²) in [5, 5.41) is 2.57. The molecule has 24 heavy (non-hydrogen) atoms. The van der Waals surface area contributed by atoms with Crippen LogP contribution in [0.5, 0.6) is 0 Å². The Morgan fingerprint density at radius 1 is 1.08 bits per heavy atom. The van der Waals surface area contributed by atoms with Crippen molar-refractivity contribution in [3.05, 3.63) is 53.7 Å². The lowest BCUT2D eigenvalue weighted by Gasteiger charge is -2.19. The zero-order chi connectivity index (χ0) is 17.7. The molecule has 1 N–H and O–H groups in total. The van der Waals surface area contributed by atoms with Crippen LogP contribution in [-0.4, -0.2) is 29.0 Å². The molecule has 1 amide bonds. The molecule has 0 fully saturated rings. The predicted molar refractivity (Wildman–Crippen MR) is 92.6 cm³/mol. The van der Waals surface area contributed by atoms with E-state index in [0.717, 1.165) is 11.3 Å². The van der Waals surface area contributed by atoms with Gasteiger partial charge in [0.15, 0.2) is 0 Å². The number of hydrogen-bond donors (Lipinski definition) is 1. The van der Waals surface area contributed by atoms with Crippen LogP contribution in [0.3, 0.4) is 0 Å². The fraction of sp³-hybridized carbons (Fsp3) is 0.316. The van der Waals surface area contributed by atoms with Crippen LogP contribution in [0.4, 0.5) is 0 Å². The van der Waals surface area contributed by atoms with Crippen molar-refractivity contribution in [2.75, 3.05) is 6.54 Å². The summed E-state index contributed by atoms with van der Waals surface area (Å²) in [7, 11) is 0. The van der Waals surface area contributed by atoms with Crippen molar-refractivity contribution in [2.24, 2.45) is 0 Å². The number of ether oxygens (including phenoxy) is 1. The fourth-order valence-corrected chi connectivity index (χ4v) is 2.20. The summed E-state index contributed by atoms with van der Waals surface area (Å²) in [6.07, 6.45) is 0. The maximum Gasteiger partial charge on any atom is 0.325 e. The number of benzene rings is 1. The van der Waals surface area contributed by atoms with Gasteiger partial charge in [0.2, 0.25) is 0 Å². The van der Waals surface area contributed by atoms with Crippen molar-refractivity contribution in [2.45, 2.75) is 33.3 Å². The lowest BCUT2D eigenvalue weighted by atomic mass is 10.1. The molecule has 0 spiro atoms. The molecule has 2 aromatic rings. The van der Waals surface area contributed by atoms with Gasteiger partial charge in [-0.1, -0.05) is 30.3 Å². The number of aryl methyl sites for hydroxylation is 1. The number of pyridine rings is 1. The first-order chi connectivity index (χ1) is 11.3. The SMILES string of the molecule is Cc1nc(-c2ccccc2)ccc1C(=O)NCC(=O)OC(C)(C)C. The number of nitrogens with one attached hydrogen (secondary N) is 1. The molecule has 0 atom stereocenters. The Kier molecular flexibility index (Phi) is 5.34. The average Bonchev–Trinajstić information content (AvgIpc) is 2.52. The van der Waals surface area contributed by atoms with E-state index in [1.807, 2.05) is 30.3 Å². The molecule has 126 valence electrons. The number of nitrogens with zero attached hydrogens (tertiary/aromatic N) is 1. The predicted octanol–water partition coefficient (Wildman–Crippen LogP) is 3.13. The number of esters is 1. The van der Waals surface area contributed by atoms with Crippen LogP contribution in [0.1, 0.15) is 36.8 Å². The Hall–Kier alpha value is -2.69. The first-order valence-electron chi connectivity index (χ1n) is 7.79. The normalized spacial score (nSPS) is 11.0. The molecule has 0 aliphatic rings. The molecule has 0 bridgehead atoms. The van der Waals surface area contributed by atoms with Gasteiger partial charge >= 0.3 is 5.97 Å². The van der Waals surface area contributed by atoms with E-state index in [2.05, 4.69) is 10.3 Å². The number of amides is 1. The van der Waals surface area contributed by atoms with Gasteiger partial charge in [0.1, 0.15) is 12.1 Å². The summed E-state index contributed by atoms with van der Waals surface area (Å²) in [6.45, 7) is 6.94. The molecule has 0 saturated heterocycles. The number of rotatable bonds is 4. The van der Waals surface area contributed by atoms with Gasteiger partial charge in [-0.2, -0.15) is 0 Å². The largest absolute Gasteiger partial charge is 0.459 e. The van der Waals surface area contributed by atoms with Gasteiger partial charge in [-0.25, -0.2) is 0 Å². The van der Waals surface area contributed by atoms with Crippen molar-refractivity contribution in [3.63, 3.8) is 0 Å². The van der Waals surface area contributed by atoms with E-state index in [4.69, 9.17) is 4.74 Å². The van der Waals surface area contributed by atoms with Crippen LogP contribution in [0.15, 0.2) is 42.5 Å². The Bertz CT molecular complexity index is 734. The van der Waals surface area contributed by atoms with Gasteiger partial charge in [0, 0.05) is 5.56 Å². The second-order valence-corrected chi connectivity index (χ2v) is 6.46. The van der Waals surface area contributed by atoms with Crippen molar-refractivity contribution in [1.82, 2.24) is 10.3 Å². The summed E-state index contributed by atoms with van der Waals surface area (Å²) in [5.74, 6) is -0.812. The van der Waals surface area contributed by atoms with Gasteiger partial charge < -0.3 is 10.1 Å². The summed E-state index contributed by atoms with van der Waals surface area (Å²) in [4.78, 5) is 28.4. The second-order valence-electron chi connectivity index (χ2n) is 6.46. The Morgan fingerprint density at radius 3 is 2.33 bits per heavy atom. The summed E-state index contributed by atoms with van der Waals surface area (Å²) in [5.41, 5.74) is 2.27. The van der Waals surface area contributed by atoms with Crippen LogP contribution in [0.25, 0.3) is 11.3 Å². The molecule has 0 aliphatic carbocycles. The van der Waals surface area contributed by atoms with Crippen molar-refractivity contribution in [1.29, 1.82) is 0 Å². The molecule has 0 aliphatic heterocycles. The Labute approximate surface area is 142 Å². The van der Waals surface area contributed by atoms with E-state index in [9.17, 15) is 9.59 Å². The minimum Gasteiger partial charge on any atom is -0.459 e. The molecular weight excluding hydrogens is 304 g/mol. The molecule has 0 unspecified atom stereocenters. The molecular formula is C19H22N2O3. The number of carbonyl (C=O) groups is 2. The monoisotopic (exact) mass is 326 g/mol. The zero-order valence-electron chi connectivity index (χ0n) is 14.4. The van der Waals surface area contributed by atoms with E-state index < -0.39 is 11.6 Å². The maximum absolute atomic E-state index is 12.2. The molecule has 0 saturated carbocycles. The quantitative estimate of drug-likeness (QED) is 0.877. The van der Waals surface area contributed by atoms with Gasteiger partial charge in [0.25, 0.3) is 5.91 Å². The third-order valence-electron chi connectivity index (χ3n) is 3.21. The molecule has 1 aromatic carbocycles. The highest BCUT2D eigenvalue weighted by molar-refractivity contribution is 5.97. The third-order valence-corrected chi connectivity index (χ3v) is 3.21. The van der Waals surface area contributed by atoms with Gasteiger partial charge in [0.05, 0.1) is 17.0 Å². The van der Waals surface area contributed by atoms with Crippen LogP contribution in [0, 0.1) is 6.92 Å². The standard InChI is InChI=1S/C19H22N2O3/c1-13-15(18(23)20-12-17(22)24-19(2,3)4)10-11-16(21-13)14-8-6-5-7-9-14/h5-11H,12H2,1-4H3,(H,20,23). The number of aromatic nitrogens is 1.